The normalized spacial score (nSPS) is 12.2. The zero-order chi connectivity index (χ0) is 13.8. The van der Waals surface area contributed by atoms with E-state index in [1.165, 1.54) is 6.07 Å². The third kappa shape index (κ3) is 3.55. The van der Waals surface area contributed by atoms with E-state index >= 15 is 0 Å². The average molecular weight is 324 g/mol. The van der Waals surface area contributed by atoms with Gasteiger partial charge >= 0.3 is 0 Å². The average Bonchev–Trinajstić information content (AvgIpc) is 2.41. The topological polar surface area (TPSA) is 35.2 Å². The molecule has 19 heavy (non-hydrogen) atoms. The quantitative estimate of drug-likeness (QED) is 0.923. The van der Waals surface area contributed by atoms with E-state index in [2.05, 4.69) is 15.9 Å². The number of ether oxygens (including phenoxy) is 1. The Balaban J connectivity index is 2.23. The van der Waals surface area contributed by atoms with Crippen molar-refractivity contribution in [3.05, 3.63) is 63.9 Å². The summed E-state index contributed by atoms with van der Waals surface area (Å²) in [6.45, 7) is 2.18. The number of halogens is 2. The Morgan fingerprint density at radius 2 is 1.89 bits per heavy atom. The van der Waals surface area contributed by atoms with Gasteiger partial charge in [-0.1, -0.05) is 34.1 Å². The predicted octanol–water partition coefficient (Wildman–Crippen LogP) is 3.98. The molecule has 2 rings (SSSR count). The molecule has 0 heterocycles. The van der Waals surface area contributed by atoms with E-state index in [0.29, 0.717) is 0 Å². The van der Waals surface area contributed by atoms with Gasteiger partial charge in [0.05, 0.1) is 0 Å². The standard InChI is InChI=1S/C15H15BrFNO/c1-10-2-7-13(17)14(8-10)19-15(9-18)11-3-5-12(16)6-4-11/h2-8,15H,9,18H2,1H3. The Hall–Kier alpha value is -1.39. The molecule has 0 aliphatic carbocycles. The molecule has 1 atom stereocenters. The summed E-state index contributed by atoms with van der Waals surface area (Å²) in [5.74, 6) is -0.139. The van der Waals surface area contributed by atoms with Crippen LogP contribution in [0.15, 0.2) is 46.9 Å². The number of hydrogen-bond acceptors (Lipinski definition) is 2. The van der Waals surface area contributed by atoms with Crippen molar-refractivity contribution in [3.8, 4) is 5.75 Å². The summed E-state index contributed by atoms with van der Waals surface area (Å²) in [6.07, 6.45) is -0.357. The van der Waals surface area contributed by atoms with Crippen LogP contribution in [0, 0.1) is 12.7 Å². The van der Waals surface area contributed by atoms with Crippen LogP contribution in [0.1, 0.15) is 17.2 Å². The molecular weight excluding hydrogens is 309 g/mol. The summed E-state index contributed by atoms with van der Waals surface area (Å²) >= 11 is 3.37. The van der Waals surface area contributed by atoms with Crippen LogP contribution in [0.4, 0.5) is 4.39 Å². The van der Waals surface area contributed by atoms with E-state index < -0.39 is 0 Å². The lowest BCUT2D eigenvalue weighted by atomic mass is 10.1. The SMILES string of the molecule is Cc1ccc(F)c(OC(CN)c2ccc(Br)cc2)c1. The molecule has 2 N–H and O–H groups in total. The predicted molar refractivity (Wildman–Crippen MR) is 77.7 cm³/mol. The van der Waals surface area contributed by atoms with E-state index in [-0.39, 0.29) is 24.2 Å². The second-order valence-electron chi connectivity index (χ2n) is 4.33. The van der Waals surface area contributed by atoms with Crippen molar-refractivity contribution in [2.24, 2.45) is 5.73 Å². The molecule has 1 unspecified atom stereocenters. The number of nitrogens with two attached hydrogens (primary N) is 1. The van der Waals surface area contributed by atoms with Gasteiger partial charge in [0.15, 0.2) is 11.6 Å². The molecule has 0 radical (unpaired) electrons. The Bertz CT molecular complexity index is 557. The summed E-state index contributed by atoms with van der Waals surface area (Å²) in [5.41, 5.74) is 7.59. The van der Waals surface area contributed by atoms with Crippen LogP contribution in [0.3, 0.4) is 0 Å². The summed E-state index contributed by atoms with van der Waals surface area (Å²) in [4.78, 5) is 0. The highest BCUT2D eigenvalue weighted by atomic mass is 79.9. The molecule has 0 amide bonds. The first-order valence-electron chi connectivity index (χ1n) is 5.98. The molecule has 2 aromatic rings. The lowest BCUT2D eigenvalue weighted by Crippen LogP contribution is -2.18. The van der Waals surface area contributed by atoms with Crippen LogP contribution >= 0.6 is 15.9 Å². The van der Waals surface area contributed by atoms with Crippen molar-refractivity contribution in [1.82, 2.24) is 0 Å². The lowest BCUT2D eigenvalue weighted by Gasteiger charge is -2.18. The molecule has 0 bridgehead atoms. The van der Waals surface area contributed by atoms with Crippen LogP contribution < -0.4 is 10.5 Å². The zero-order valence-electron chi connectivity index (χ0n) is 10.6. The first-order chi connectivity index (χ1) is 9.10. The lowest BCUT2D eigenvalue weighted by molar-refractivity contribution is 0.204. The zero-order valence-corrected chi connectivity index (χ0v) is 12.2. The van der Waals surface area contributed by atoms with Crippen molar-refractivity contribution >= 4 is 15.9 Å². The Morgan fingerprint density at radius 1 is 1.21 bits per heavy atom. The molecule has 0 spiro atoms. The highest BCUT2D eigenvalue weighted by molar-refractivity contribution is 9.10. The molecule has 0 saturated heterocycles. The monoisotopic (exact) mass is 323 g/mol. The molecule has 2 aromatic carbocycles. The van der Waals surface area contributed by atoms with Gasteiger partial charge in [-0.2, -0.15) is 0 Å². The summed E-state index contributed by atoms with van der Waals surface area (Å²) < 4.78 is 20.3. The van der Waals surface area contributed by atoms with Gasteiger partial charge in [-0.05, 0) is 42.3 Å². The van der Waals surface area contributed by atoms with E-state index in [0.717, 1.165) is 15.6 Å². The molecule has 0 aromatic heterocycles. The molecule has 4 heteroatoms. The molecule has 0 fully saturated rings. The molecule has 0 saturated carbocycles. The Morgan fingerprint density at radius 3 is 2.53 bits per heavy atom. The van der Waals surface area contributed by atoms with Gasteiger partial charge < -0.3 is 10.5 Å². The van der Waals surface area contributed by atoms with Crippen LogP contribution in [0.2, 0.25) is 0 Å². The maximum atomic E-state index is 13.7. The first-order valence-corrected chi connectivity index (χ1v) is 6.78. The fourth-order valence-corrected chi connectivity index (χ4v) is 2.05. The molecule has 0 aliphatic rings. The Kier molecular flexibility index (Phi) is 4.56. The third-order valence-corrected chi connectivity index (χ3v) is 3.34. The van der Waals surface area contributed by atoms with Crippen molar-refractivity contribution in [3.63, 3.8) is 0 Å². The molecule has 2 nitrogen and oxygen atoms in total. The van der Waals surface area contributed by atoms with E-state index in [4.69, 9.17) is 10.5 Å². The molecular formula is C15H15BrFNO. The van der Waals surface area contributed by atoms with E-state index in [9.17, 15) is 4.39 Å². The minimum atomic E-state index is -0.374. The number of benzene rings is 2. The maximum Gasteiger partial charge on any atom is 0.165 e. The third-order valence-electron chi connectivity index (χ3n) is 2.81. The van der Waals surface area contributed by atoms with Gasteiger partial charge in [0.25, 0.3) is 0 Å². The van der Waals surface area contributed by atoms with Crippen molar-refractivity contribution in [2.45, 2.75) is 13.0 Å². The number of rotatable bonds is 4. The van der Waals surface area contributed by atoms with Crippen molar-refractivity contribution < 1.29 is 9.13 Å². The highest BCUT2D eigenvalue weighted by Gasteiger charge is 2.14. The fourth-order valence-electron chi connectivity index (χ4n) is 1.78. The summed E-state index contributed by atoms with van der Waals surface area (Å²) in [5, 5.41) is 0. The van der Waals surface area contributed by atoms with Gasteiger partial charge in [-0.15, -0.1) is 0 Å². The summed E-state index contributed by atoms with van der Waals surface area (Å²) in [7, 11) is 0. The number of aryl methyl sites for hydroxylation is 1. The molecule has 100 valence electrons. The minimum Gasteiger partial charge on any atom is -0.481 e. The van der Waals surface area contributed by atoms with Crippen LogP contribution in [-0.4, -0.2) is 6.54 Å². The second-order valence-corrected chi connectivity index (χ2v) is 5.24. The molecule has 0 aliphatic heterocycles. The van der Waals surface area contributed by atoms with Gasteiger partial charge in [-0.3, -0.25) is 0 Å². The van der Waals surface area contributed by atoms with Crippen LogP contribution in [-0.2, 0) is 0 Å². The van der Waals surface area contributed by atoms with Gasteiger partial charge in [-0.25, -0.2) is 4.39 Å². The van der Waals surface area contributed by atoms with Crippen molar-refractivity contribution in [1.29, 1.82) is 0 Å². The van der Waals surface area contributed by atoms with Gasteiger partial charge in [0, 0.05) is 11.0 Å². The highest BCUT2D eigenvalue weighted by Crippen LogP contribution is 2.26. The Labute approximate surface area is 120 Å². The maximum absolute atomic E-state index is 13.7. The summed E-state index contributed by atoms with van der Waals surface area (Å²) in [6, 6.07) is 12.4. The largest absolute Gasteiger partial charge is 0.481 e. The number of hydrogen-bond donors (Lipinski definition) is 1. The van der Waals surface area contributed by atoms with E-state index in [1.54, 1.807) is 12.1 Å². The van der Waals surface area contributed by atoms with Crippen molar-refractivity contribution in [2.75, 3.05) is 6.54 Å². The second kappa shape index (κ2) is 6.17. The van der Waals surface area contributed by atoms with Gasteiger partial charge in [0.1, 0.15) is 6.10 Å². The van der Waals surface area contributed by atoms with Crippen LogP contribution in [0.25, 0.3) is 0 Å². The first kappa shape index (κ1) is 14.0. The van der Waals surface area contributed by atoms with Crippen LogP contribution in [0.5, 0.6) is 5.75 Å². The fraction of sp³-hybridized carbons (Fsp3) is 0.200. The van der Waals surface area contributed by atoms with E-state index in [1.807, 2.05) is 31.2 Å². The minimum absolute atomic E-state index is 0.235. The smallest absolute Gasteiger partial charge is 0.165 e. The van der Waals surface area contributed by atoms with Gasteiger partial charge in [0.2, 0.25) is 0 Å².